The molecule has 2 rings (SSSR count). The Bertz CT molecular complexity index is 682. The third-order valence-electron chi connectivity index (χ3n) is 3.10. The van der Waals surface area contributed by atoms with Crippen LogP contribution in [0.5, 0.6) is 0 Å². The molecule has 0 aliphatic heterocycles. The number of carbonyl (C=O) groups excluding carboxylic acids is 2. The van der Waals surface area contributed by atoms with Gasteiger partial charge in [0.15, 0.2) is 0 Å². The number of nitrogen functional groups attached to an aromatic ring is 1. The molecule has 3 N–H and O–H groups in total. The van der Waals surface area contributed by atoms with Crippen molar-refractivity contribution in [2.75, 3.05) is 12.8 Å². The largest absolute Gasteiger partial charge is 0.467 e. The minimum atomic E-state index is -0.671. The van der Waals surface area contributed by atoms with Crippen molar-refractivity contribution >= 4 is 28.9 Å². The number of anilines is 1. The van der Waals surface area contributed by atoms with Crippen LogP contribution in [0.1, 0.15) is 11.8 Å². The molecule has 5 nitrogen and oxygen atoms in total. The van der Waals surface area contributed by atoms with Gasteiger partial charge in [-0.3, -0.25) is 4.79 Å². The van der Waals surface area contributed by atoms with Gasteiger partial charge in [0.05, 0.1) is 7.11 Å². The van der Waals surface area contributed by atoms with Gasteiger partial charge in [0.1, 0.15) is 6.04 Å². The van der Waals surface area contributed by atoms with Crippen molar-refractivity contribution < 1.29 is 14.3 Å². The van der Waals surface area contributed by atoms with Gasteiger partial charge in [0.2, 0.25) is 5.91 Å². The first kappa shape index (κ1) is 16.0. The highest BCUT2D eigenvalue weighted by Gasteiger charge is 2.21. The monoisotopic (exact) mass is 318 g/mol. The van der Waals surface area contributed by atoms with Crippen molar-refractivity contribution in [3.05, 3.63) is 41.3 Å². The first-order valence-corrected chi connectivity index (χ1v) is 7.61. The lowest BCUT2D eigenvalue weighted by atomic mass is 10.1. The Hall–Kier alpha value is -2.34. The van der Waals surface area contributed by atoms with Gasteiger partial charge >= 0.3 is 5.97 Å². The number of rotatable bonds is 5. The van der Waals surface area contributed by atoms with Crippen molar-refractivity contribution in [3.63, 3.8) is 0 Å². The quantitative estimate of drug-likeness (QED) is 0.654. The number of hydrogen-bond acceptors (Lipinski definition) is 5. The Morgan fingerprint density at radius 2 is 2.09 bits per heavy atom. The normalized spacial score (nSPS) is 11.7. The van der Waals surface area contributed by atoms with E-state index in [9.17, 15) is 9.59 Å². The zero-order chi connectivity index (χ0) is 16.1. The summed E-state index contributed by atoms with van der Waals surface area (Å²) in [7, 11) is 1.31. The summed E-state index contributed by atoms with van der Waals surface area (Å²) in [4.78, 5) is 25.0. The molecule has 0 saturated carbocycles. The number of ether oxygens (including phenoxy) is 1. The molecular weight excluding hydrogens is 300 g/mol. The van der Waals surface area contributed by atoms with E-state index in [-0.39, 0.29) is 5.91 Å². The average Bonchev–Trinajstić information content (AvgIpc) is 2.94. The number of carbonyl (C=O) groups is 2. The van der Waals surface area contributed by atoms with E-state index in [1.807, 2.05) is 36.4 Å². The van der Waals surface area contributed by atoms with Crippen molar-refractivity contribution in [2.24, 2.45) is 0 Å². The second-order valence-electron chi connectivity index (χ2n) is 4.87. The van der Waals surface area contributed by atoms with Gasteiger partial charge < -0.3 is 15.8 Å². The second-order valence-corrected chi connectivity index (χ2v) is 6.04. The molecule has 1 aromatic heterocycles. The fraction of sp³-hybridized carbons (Fsp3) is 0.250. The standard InChI is InChI=1S/C16H18N2O3S/c1-10(19)18-14(16(20)21-2)9-13-6-7-15(22-13)11-4-3-5-12(17)8-11/h3-8,14H,9,17H2,1-2H3,(H,18,19)/t14-/m1/s1. The summed E-state index contributed by atoms with van der Waals surface area (Å²) in [5.74, 6) is -0.711. The molecule has 2 aromatic rings. The molecule has 0 unspecified atom stereocenters. The molecule has 0 fully saturated rings. The van der Waals surface area contributed by atoms with Gasteiger partial charge in [-0.05, 0) is 29.8 Å². The topological polar surface area (TPSA) is 81.4 Å². The predicted octanol–water partition coefficient (Wildman–Crippen LogP) is 2.22. The molecule has 116 valence electrons. The molecule has 0 spiro atoms. The lowest BCUT2D eigenvalue weighted by Gasteiger charge is -2.14. The number of nitrogens with two attached hydrogens (primary N) is 1. The molecule has 0 aliphatic carbocycles. The zero-order valence-corrected chi connectivity index (χ0v) is 13.3. The second kappa shape index (κ2) is 7.09. The van der Waals surface area contributed by atoms with Crippen LogP contribution in [0.4, 0.5) is 5.69 Å². The highest BCUT2D eigenvalue weighted by atomic mass is 32.1. The Morgan fingerprint density at radius 1 is 1.32 bits per heavy atom. The molecule has 0 bridgehead atoms. The third-order valence-corrected chi connectivity index (χ3v) is 4.26. The molecule has 0 radical (unpaired) electrons. The maximum atomic E-state index is 11.7. The van der Waals surface area contributed by atoms with Gasteiger partial charge in [-0.25, -0.2) is 4.79 Å². The number of nitrogens with one attached hydrogen (secondary N) is 1. The molecule has 0 saturated heterocycles. The molecule has 1 heterocycles. The Balaban J connectivity index is 2.16. The third kappa shape index (κ3) is 4.08. The molecular formula is C16H18N2O3S. The summed E-state index contributed by atoms with van der Waals surface area (Å²) in [5, 5.41) is 2.61. The van der Waals surface area contributed by atoms with Gasteiger partial charge in [-0.15, -0.1) is 11.3 Å². The maximum Gasteiger partial charge on any atom is 0.328 e. The number of methoxy groups -OCH3 is 1. The fourth-order valence-corrected chi connectivity index (χ4v) is 3.17. The number of thiophene rings is 1. The molecule has 0 aliphatic rings. The van der Waals surface area contributed by atoms with Gasteiger partial charge in [0.25, 0.3) is 0 Å². The van der Waals surface area contributed by atoms with Crippen LogP contribution in [0.15, 0.2) is 36.4 Å². The van der Waals surface area contributed by atoms with Crippen molar-refractivity contribution in [2.45, 2.75) is 19.4 Å². The van der Waals surface area contributed by atoms with E-state index < -0.39 is 12.0 Å². The van der Waals surface area contributed by atoms with Crippen LogP contribution in [-0.4, -0.2) is 25.0 Å². The number of benzene rings is 1. The summed E-state index contributed by atoms with van der Waals surface area (Å²) >= 11 is 1.56. The van der Waals surface area contributed by atoms with Crippen LogP contribution in [0.25, 0.3) is 10.4 Å². The number of amides is 1. The fourth-order valence-electron chi connectivity index (χ4n) is 2.12. The lowest BCUT2D eigenvalue weighted by molar-refractivity contribution is -0.144. The number of hydrogen-bond donors (Lipinski definition) is 2. The first-order chi connectivity index (χ1) is 10.5. The minimum Gasteiger partial charge on any atom is -0.467 e. The highest BCUT2D eigenvalue weighted by Crippen LogP contribution is 2.29. The van der Waals surface area contributed by atoms with Crippen LogP contribution in [0.2, 0.25) is 0 Å². The Morgan fingerprint density at radius 3 is 2.73 bits per heavy atom. The van der Waals surface area contributed by atoms with E-state index >= 15 is 0 Å². The zero-order valence-electron chi connectivity index (χ0n) is 12.5. The van der Waals surface area contributed by atoms with Gasteiger partial charge in [-0.1, -0.05) is 12.1 Å². The van der Waals surface area contributed by atoms with E-state index in [1.54, 1.807) is 11.3 Å². The molecule has 1 aromatic carbocycles. The maximum absolute atomic E-state index is 11.7. The minimum absolute atomic E-state index is 0.261. The first-order valence-electron chi connectivity index (χ1n) is 6.79. The van der Waals surface area contributed by atoms with Crippen LogP contribution in [-0.2, 0) is 20.7 Å². The summed E-state index contributed by atoms with van der Waals surface area (Å²) < 4.78 is 4.73. The van der Waals surface area contributed by atoms with E-state index in [1.165, 1.54) is 14.0 Å². The molecule has 1 amide bonds. The predicted molar refractivity (Wildman–Crippen MR) is 87.5 cm³/mol. The van der Waals surface area contributed by atoms with E-state index in [0.717, 1.165) is 15.3 Å². The molecule has 1 atom stereocenters. The average molecular weight is 318 g/mol. The lowest BCUT2D eigenvalue weighted by Crippen LogP contribution is -2.41. The summed E-state index contributed by atoms with van der Waals surface area (Å²) in [6.07, 6.45) is 0.402. The molecule has 6 heteroatoms. The van der Waals surface area contributed by atoms with Gasteiger partial charge in [0, 0.05) is 28.8 Å². The van der Waals surface area contributed by atoms with Crippen LogP contribution < -0.4 is 11.1 Å². The number of esters is 1. The van der Waals surface area contributed by atoms with Gasteiger partial charge in [-0.2, -0.15) is 0 Å². The van der Waals surface area contributed by atoms with E-state index in [2.05, 4.69) is 5.32 Å². The van der Waals surface area contributed by atoms with Crippen molar-refractivity contribution in [1.29, 1.82) is 0 Å². The molecule has 22 heavy (non-hydrogen) atoms. The summed E-state index contributed by atoms with van der Waals surface area (Å²) in [6.45, 7) is 1.38. The summed E-state index contributed by atoms with van der Waals surface area (Å²) in [6, 6.07) is 10.9. The SMILES string of the molecule is COC(=O)[C@@H](Cc1ccc(-c2cccc(N)c2)s1)NC(C)=O. The van der Waals surface area contributed by atoms with Crippen LogP contribution in [0, 0.1) is 0 Å². The van der Waals surface area contributed by atoms with E-state index in [0.29, 0.717) is 12.1 Å². The highest BCUT2D eigenvalue weighted by molar-refractivity contribution is 7.15. The smallest absolute Gasteiger partial charge is 0.328 e. The van der Waals surface area contributed by atoms with E-state index in [4.69, 9.17) is 10.5 Å². The van der Waals surface area contributed by atoms with Crippen molar-refractivity contribution in [3.8, 4) is 10.4 Å². The van der Waals surface area contributed by atoms with Crippen molar-refractivity contribution in [1.82, 2.24) is 5.32 Å². The van der Waals surface area contributed by atoms with Crippen LogP contribution >= 0.6 is 11.3 Å². The van der Waals surface area contributed by atoms with Crippen LogP contribution in [0.3, 0.4) is 0 Å². The summed E-state index contributed by atoms with van der Waals surface area (Å²) in [5.41, 5.74) is 7.53. The Labute approximate surface area is 133 Å². The Kier molecular flexibility index (Phi) is 5.16.